The number of carbonyl (C=O) groups excluding carboxylic acids is 1. The van der Waals surface area contributed by atoms with E-state index in [-0.39, 0.29) is 11.3 Å². The lowest BCUT2D eigenvalue weighted by Gasteiger charge is -2.23. The molecule has 2 heterocycles. The summed E-state index contributed by atoms with van der Waals surface area (Å²) in [5.74, 6) is -0.732. The van der Waals surface area contributed by atoms with Crippen molar-refractivity contribution < 1.29 is 14.7 Å². The number of carboxylic acids is 1. The van der Waals surface area contributed by atoms with Crippen molar-refractivity contribution in [3.8, 4) is 0 Å². The van der Waals surface area contributed by atoms with Gasteiger partial charge in [-0.25, -0.2) is 4.79 Å². The van der Waals surface area contributed by atoms with Gasteiger partial charge in [-0.1, -0.05) is 13.8 Å². The molecule has 0 saturated carbocycles. The number of thiophene rings is 1. The van der Waals surface area contributed by atoms with Gasteiger partial charge in [-0.15, -0.1) is 11.3 Å². The number of hydrogen-bond acceptors (Lipinski definition) is 3. The summed E-state index contributed by atoms with van der Waals surface area (Å²) in [7, 11) is 0. The molecule has 2 rings (SSSR count). The van der Waals surface area contributed by atoms with Crippen LogP contribution in [0.2, 0.25) is 0 Å². The van der Waals surface area contributed by atoms with Crippen molar-refractivity contribution in [1.29, 1.82) is 0 Å². The second kappa shape index (κ2) is 6.43. The minimum atomic E-state index is -0.951. The second-order valence-electron chi connectivity index (χ2n) is 6.25. The third-order valence-electron chi connectivity index (χ3n) is 3.87. The van der Waals surface area contributed by atoms with Crippen LogP contribution < -0.4 is 0 Å². The van der Waals surface area contributed by atoms with Gasteiger partial charge >= 0.3 is 5.97 Å². The number of carbonyl (C=O) groups is 2. The average Bonchev–Trinajstić information content (AvgIpc) is 2.81. The molecule has 0 aromatic carbocycles. The van der Waals surface area contributed by atoms with Gasteiger partial charge in [-0.2, -0.15) is 0 Å². The fraction of sp³-hybridized carbons (Fsp3) is 0.500. The Hall–Kier alpha value is -1.62. The predicted molar refractivity (Wildman–Crippen MR) is 84.0 cm³/mol. The van der Waals surface area contributed by atoms with E-state index in [1.54, 1.807) is 17.4 Å². The van der Waals surface area contributed by atoms with Crippen LogP contribution in [0, 0.1) is 5.41 Å². The van der Waals surface area contributed by atoms with E-state index in [0.29, 0.717) is 13.0 Å². The number of nitrogens with zero attached hydrogens (tertiary/aromatic N) is 1. The third kappa shape index (κ3) is 4.70. The van der Waals surface area contributed by atoms with E-state index in [0.717, 1.165) is 35.9 Å². The zero-order valence-electron chi connectivity index (χ0n) is 12.5. The van der Waals surface area contributed by atoms with Crippen LogP contribution in [0.25, 0.3) is 6.08 Å². The van der Waals surface area contributed by atoms with E-state index < -0.39 is 5.97 Å². The normalized spacial score (nSPS) is 19.0. The average molecular weight is 307 g/mol. The quantitative estimate of drug-likeness (QED) is 0.868. The third-order valence-corrected chi connectivity index (χ3v) is 4.81. The molecule has 1 amide bonds. The van der Waals surface area contributed by atoms with Crippen molar-refractivity contribution in [1.82, 2.24) is 4.90 Å². The fourth-order valence-electron chi connectivity index (χ4n) is 2.38. The van der Waals surface area contributed by atoms with Crippen molar-refractivity contribution >= 4 is 29.3 Å². The largest absolute Gasteiger partial charge is 0.478 e. The molecule has 0 bridgehead atoms. The molecule has 1 N–H and O–H groups in total. The zero-order valence-corrected chi connectivity index (χ0v) is 13.3. The lowest BCUT2D eigenvalue weighted by Crippen LogP contribution is -2.29. The van der Waals surface area contributed by atoms with Gasteiger partial charge in [0, 0.05) is 23.9 Å². The molecule has 1 saturated heterocycles. The van der Waals surface area contributed by atoms with Gasteiger partial charge in [0.15, 0.2) is 0 Å². The number of aliphatic carboxylic acids is 1. The molecule has 0 radical (unpaired) electrons. The monoisotopic (exact) mass is 307 g/mol. The van der Waals surface area contributed by atoms with Gasteiger partial charge < -0.3 is 10.0 Å². The molecular weight excluding hydrogens is 286 g/mol. The maximum Gasteiger partial charge on any atom is 0.328 e. The summed E-state index contributed by atoms with van der Waals surface area (Å²) in [6.45, 7) is 5.85. The molecule has 21 heavy (non-hydrogen) atoms. The van der Waals surface area contributed by atoms with E-state index in [1.807, 2.05) is 16.3 Å². The van der Waals surface area contributed by atoms with Gasteiger partial charge in [0.1, 0.15) is 0 Å². The summed E-state index contributed by atoms with van der Waals surface area (Å²) >= 11 is 1.57. The topological polar surface area (TPSA) is 57.6 Å². The first kappa shape index (κ1) is 15.8. The van der Waals surface area contributed by atoms with Crippen LogP contribution in [0.1, 0.15) is 43.6 Å². The molecule has 0 spiro atoms. The summed E-state index contributed by atoms with van der Waals surface area (Å²) in [6.07, 6.45) is 5.29. The summed E-state index contributed by atoms with van der Waals surface area (Å²) in [4.78, 5) is 25.7. The van der Waals surface area contributed by atoms with Gasteiger partial charge in [0.2, 0.25) is 5.91 Å². The highest BCUT2D eigenvalue weighted by Crippen LogP contribution is 2.31. The number of amides is 1. The lowest BCUT2D eigenvalue weighted by atomic mass is 9.85. The van der Waals surface area contributed by atoms with Crippen molar-refractivity contribution in [2.75, 3.05) is 6.54 Å². The Morgan fingerprint density at radius 1 is 1.48 bits per heavy atom. The smallest absolute Gasteiger partial charge is 0.328 e. The highest BCUT2D eigenvalue weighted by atomic mass is 32.1. The second-order valence-corrected chi connectivity index (χ2v) is 7.24. The van der Waals surface area contributed by atoms with Gasteiger partial charge in [-0.05, 0) is 41.3 Å². The van der Waals surface area contributed by atoms with Gasteiger partial charge in [-0.3, -0.25) is 4.79 Å². The van der Waals surface area contributed by atoms with Crippen LogP contribution in [0.3, 0.4) is 0 Å². The van der Waals surface area contributed by atoms with Crippen LogP contribution in [-0.4, -0.2) is 28.4 Å². The molecule has 4 nitrogen and oxygen atoms in total. The van der Waals surface area contributed by atoms with Gasteiger partial charge in [0.05, 0.1) is 6.54 Å². The maximum atomic E-state index is 12.2. The highest BCUT2D eigenvalue weighted by molar-refractivity contribution is 7.10. The SMILES string of the molecule is CC1(C)CCC(=O)N(Cc2cc(C=CC(=O)O)cs2)CC1. The maximum absolute atomic E-state index is 12.2. The summed E-state index contributed by atoms with van der Waals surface area (Å²) in [5, 5.41) is 10.5. The molecule has 1 aromatic rings. The summed E-state index contributed by atoms with van der Waals surface area (Å²) in [5.41, 5.74) is 1.11. The summed E-state index contributed by atoms with van der Waals surface area (Å²) < 4.78 is 0. The molecule has 5 heteroatoms. The fourth-order valence-corrected chi connectivity index (χ4v) is 3.25. The molecule has 1 aliphatic heterocycles. The van der Waals surface area contributed by atoms with Crippen molar-refractivity contribution in [2.24, 2.45) is 5.41 Å². The molecular formula is C16H21NO3S. The van der Waals surface area contributed by atoms with E-state index >= 15 is 0 Å². The lowest BCUT2D eigenvalue weighted by molar-refractivity contribution is -0.132. The zero-order chi connectivity index (χ0) is 15.5. The standard InChI is InChI=1S/C16H21NO3S/c1-16(2)6-5-14(18)17(8-7-16)10-13-9-12(11-21-13)3-4-15(19)20/h3-4,9,11H,5-8,10H2,1-2H3,(H,19,20). The molecule has 0 atom stereocenters. The Labute approximate surface area is 129 Å². The van der Waals surface area contributed by atoms with Crippen LogP contribution in [0.4, 0.5) is 0 Å². The Morgan fingerprint density at radius 2 is 2.24 bits per heavy atom. The minimum absolute atomic E-state index is 0.219. The Morgan fingerprint density at radius 3 is 2.95 bits per heavy atom. The van der Waals surface area contributed by atoms with E-state index in [9.17, 15) is 9.59 Å². The number of rotatable bonds is 4. The first-order chi connectivity index (χ1) is 9.85. The van der Waals surface area contributed by atoms with Crippen LogP contribution in [0.15, 0.2) is 17.5 Å². The molecule has 0 aliphatic carbocycles. The number of carboxylic acid groups (broad SMARTS) is 1. The first-order valence-corrected chi connectivity index (χ1v) is 8.00. The minimum Gasteiger partial charge on any atom is -0.478 e. The van der Waals surface area contributed by atoms with Crippen LogP contribution in [0.5, 0.6) is 0 Å². The molecule has 1 aromatic heterocycles. The molecule has 1 aliphatic rings. The Bertz CT molecular complexity index is 560. The van der Waals surface area contributed by atoms with Gasteiger partial charge in [0.25, 0.3) is 0 Å². The van der Waals surface area contributed by atoms with Crippen LogP contribution in [-0.2, 0) is 16.1 Å². The predicted octanol–water partition coefficient (Wildman–Crippen LogP) is 3.38. The summed E-state index contributed by atoms with van der Waals surface area (Å²) in [6, 6.07) is 1.95. The van der Waals surface area contributed by atoms with Crippen LogP contribution >= 0.6 is 11.3 Å². The highest BCUT2D eigenvalue weighted by Gasteiger charge is 2.27. The number of likely N-dealkylation sites (tertiary alicyclic amines) is 1. The number of hydrogen-bond donors (Lipinski definition) is 1. The van der Waals surface area contributed by atoms with Crippen molar-refractivity contribution in [2.45, 2.75) is 39.7 Å². The molecule has 0 unspecified atom stereocenters. The first-order valence-electron chi connectivity index (χ1n) is 7.12. The molecule has 1 fully saturated rings. The van der Waals surface area contributed by atoms with E-state index in [1.165, 1.54) is 0 Å². The molecule has 114 valence electrons. The Balaban J connectivity index is 2.01. The van der Waals surface area contributed by atoms with Crippen molar-refractivity contribution in [3.05, 3.63) is 28.0 Å². The van der Waals surface area contributed by atoms with E-state index in [4.69, 9.17) is 5.11 Å². The van der Waals surface area contributed by atoms with E-state index in [2.05, 4.69) is 13.8 Å². The Kier molecular flexibility index (Phi) is 4.83. The van der Waals surface area contributed by atoms with Crippen molar-refractivity contribution in [3.63, 3.8) is 0 Å².